The number of hydrogen-bond acceptors (Lipinski definition) is 6. The SMILES string of the molecule is COc1ccc(C(=O)NC(c2nnc(SCC(=O)Nc3ccc(Cl)cc3)n2C)C(C)C)cc1. The van der Waals surface area contributed by atoms with E-state index in [4.69, 9.17) is 16.3 Å². The quantitative estimate of drug-likeness (QED) is 0.436. The zero-order chi connectivity index (χ0) is 24.0. The first-order valence-electron chi connectivity index (χ1n) is 10.3. The molecule has 0 saturated carbocycles. The van der Waals surface area contributed by atoms with Crippen molar-refractivity contribution in [1.29, 1.82) is 0 Å². The molecule has 1 atom stereocenters. The van der Waals surface area contributed by atoms with E-state index >= 15 is 0 Å². The Morgan fingerprint density at radius 3 is 2.36 bits per heavy atom. The van der Waals surface area contributed by atoms with E-state index in [0.29, 0.717) is 33.0 Å². The fraction of sp³-hybridized carbons (Fsp3) is 0.304. The van der Waals surface area contributed by atoms with Crippen LogP contribution in [0.3, 0.4) is 0 Å². The second-order valence-electron chi connectivity index (χ2n) is 7.67. The molecule has 2 amide bonds. The molecule has 3 aromatic rings. The molecule has 1 aromatic heterocycles. The minimum atomic E-state index is -0.352. The van der Waals surface area contributed by atoms with Gasteiger partial charge < -0.3 is 19.9 Å². The summed E-state index contributed by atoms with van der Waals surface area (Å²) >= 11 is 7.14. The summed E-state index contributed by atoms with van der Waals surface area (Å²) in [5.41, 5.74) is 1.20. The van der Waals surface area contributed by atoms with Gasteiger partial charge in [0.15, 0.2) is 11.0 Å². The highest BCUT2D eigenvalue weighted by atomic mass is 35.5. The Hall–Kier alpha value is -3.04. The van der Waals surface area contributed by atoms with Crippen LogP contribution in [0.4, 0.5) is 5.69 Å². The Kier molecular flexibility index (Phi) is 8.35. The lowest BCUT2D eigenvalue weighted by Crippen LogP contribution is -2.33. The molecule has 0 aliphatic carbocycles. The Labute approximate surface area is 202 Å². The van der Waals surface area contributed by atoms with Crippen molar-refractivity contribution >= 4 is 40.9 Å². The molecule has 0 saturated heterocycles. The normalized spacial score (nSPS) is 11.8. The number of carbonyl (C=O) groups is 2. The predicted molar refractivity (Wildman–Crippen MR) is 130 cm³/mol. The number of amides is 2. The number of anilines is 1. The van der Waals surface area contributed by atoms with Crippen LogP contribution in [-0.2, 0) is 11.8 Å². The molecular formula is C23H26ClN5O3S. The van der Waals surface area contributed by atoms with Crippen molar-refractivity contribution in [2.75, 3.05) is 18.2 Å². The summed E-state index contributed by atoms with van der Waals surface area (Å²) in [5.74, 6) is 1.16. The smallest absolute Gasteiger partial charge is 0.251 e. The van der Waals surface area contributed by atoms with Gasteiger partial charge in [-0.15, -0.1) is 10.2 Å². The first kappa shape index (κ1) is 24.6. The Bertz CT molecular complexity index is 1100. The van der Waals surface area contributed by atoms with Crippen molar-refractivity contribution in [3.05, 3.63) is 64.9 Å². The molecular weight excluding hydrogens is 462 g/mol. The maximum Gasteiger partial charge on any atom is 0.251 e. The van der Waals surface area contributed by atoms with E-state index < -0.39 is 0 Å². The molecule has 33 heavy (non-hydrogen) atoms. The van der Waals surface area contributed by atoms with Crippen LogP contribution in [0.25, 0.3) is 0 Å². The molecule has 0 fully saturated rings. The highest BCUT2D eigenvalue weighted by Gasteiger charge is 2.25. The third-order valence-corrected chi connectivity index (χ3v) is 6.18. The number of ether oxygens (including phenoxy) is 1. The van der Waals surface area contributed by atoms with Gasteiger partial charge in [0.25, 0.3) is 5.91 Å². The summed E-state index contributed by atoms with van der Waals surface area (Å²) < 4.78 is 6.95. The molecule has 174 valence electrons. The molecule has 1 heterocycles. The van der Waals surface area contributed by atoms with Gasteiger partial charge >= 0.3 is 0 Å². The lowest BCUT2D eigenvalue weighted by atomic mass is 10.0. The van der Waals surface area contributed by atoms with Crippen molar-refractivity contribution in [2.45, 2.75) is 25.0 Å². The monoisotopic (exact) mass is 487 g/mol. The average Bonchev–Trinajstić information content (AvgIpc) is 3.17. The highest BCUT2D eigenvalue weighted by Crippen LogP contribution is 2.25. The first-order chi connectivity index (χ1) is 15.8. The van der Waals surface area contributed by atoms with E-state index in [1.54, 1.807) is 60.2 Å². The van der Waals surface area contributed by atoms with Crippen LogP contribution in [0.5, 0.6) is 5.75 Å². The summed E-state index contributed by atoms with van der Waals surface area (Å²) in [6.45, 7) is 4.00. The maximum absolute atomic E-state index is 12.8. The molecule has 2 N–H and O–H groups in total. The second kappa shape index (κ2) is 11.2. The van der Waals surface area contributed by atoms with Gasteiger partial charge in [0.2, 0.25) is 5.91 Å². The number of methoxy groups -OCH3 is 1. The number of hydrogen-bond donors (Lipinski definition) is 2. The number of halogens is 1. The van der Waals surface area contributed by atoms with E-state index in [0.717, 1.165) is 0 Å². The van der Waals surface area contributed by atoms with Crippen LogP contribution in [0.15, 0.2) is 53.7 Å². The summed E-state index contributed by atoms with van der Waals surface area (Å²) in [4.78, 5) is 25.1. The minimum absolute atomic E-state index is 0.0705. The largest absolute Gasteiger partial charge is 0.497 e. The minimum Gasteiger partial charge on any atom is -0.497 e. The maximum atomic E-state index is 12.8. The van der Waals surface area contributed by atoms with Crippen molar-refractivity contribution in [3.63, 3.8) is 0 Å². The molecule has 0 bridgehead atoms. The van der Waals surface area contributed by atoms with Gasteiger partial charge in [0, 0.05) is 23.3 Å². The van der Waals surface area contributed by atoms with Crippen LogP contribution in [-0.4, -0.2) is 39.4 Å². The number of nitrogens with zero attached hydrogens (tertiary/aromatic N) is 3. The Morgan fingerprint density at radius 2 is 1.76 bits per heavy atom. The number of benzene rings is 2. The van der Waals surface area contributed by atoms with Crippen molar-refractivity contribution in [3.8, 4) is 5.75 Å². The first-order valence-corrected chi connectivity index (χ1v) is 11.7. The zero-order valence-electron chi connectivity index (χ0n) is 18.8. The molecule has 2 aromatic carbocycles. The molecule has 10 heteroatoms. The van der Waals surface area contributed by atoms with Gasteiger partial charge in [-0.3, -0.25) is 9.59 Å². The third-order valence-electron chi connectivity index (χ3n) is 4.91. The van der Waals surface area contributed by atoms with E-state index in [1.165, 1.54) is 11.8 Å². The number of nitrogens with one attached hydrogen (secondary N) is 2. The lowest BCUT2D eigenvalue weighted by Gasteiger charge is -2.21. The Morgan fingerprint density at radius 1 is 1.09 bits per heavy atom. The van der Waals surface area contributed by atoms with Crippen LogP contribution in [0.1, 0.15) is 36.1 Å². The van der Waals surface area contributed by atoms with Crippen molar-refractivity contribution < 1.29 is 14.3 Å². The number of thioether (sulfide) groups is 1. The summed E-state index contributed by atoms with van der Waals surface area (Å²) in [6.07, 6.45) is 0. The van der Waals surface area contributed by atoms with Gasteiger partial charge in [-0.1, -0.05) is 37.2 Å². The molecule has 0 radical (unpaired) electrons. The average molecular weight is 488 g/mol. The van der Waals surface area contributed by atoms with Gasteiger partial charge in [0.1, 0.15) is 5.75 Å². The van der Waals surface area contributed by atoms with Crippen molar-refractivity contribution in [1.82, 2.24) is 20.1 Å². The van der Waals surface area contributed by atoms with Crippen LogP contribution in [0, 0.1) is 5.92 Å². The second-order valence-corrected chi connectivity index (χ2v) is 9.05. The van der Waals surface area contributed by atoms with Crippen LogP contribution in [0.2, 0.25) is 5.02 Å². The molecule has 8 nitrogen and oxygen atoms in total. The van der Waals surface area contributed by atoms with E-state index in [2.05, 4.69) is 20.8 Å². The topological polar surface area (TPSA) is 98.1 Å². The standard InChI is InChI=1S/C23H26ClN5O3S/c1-14(2)20(26-22(31)15-5-11-18(32-4)12-6-15)21-27-28-23(29(21)3)33-13-19(30)25-17-9-7-16(24)8-10-17/h5-12,14,20H,13H2,1-4H3,(H,25,30)(H,26,31). The van der Waals surface area contributed by atoms with Gasteiger partial charge in [-0.05, 0) is 54.4 Å². The molecule has 1 unspecified atom stereocenters. The van der Waals surface area contributed by atoms with E-state index in [1.807, 2.05) is 20.9 Å². The zero-order valence-corrected chi connectivity index (χ0v) is 20.4. The number of carbonyl (C=O) groups excluding carboxylic acids is 2. The fourth-order valence-electron chi connectivity index (χ4n) is 3.08. The van der Waals surface area contributed by atoms with Crippen molar-refractivity contribution in [2.24, 2.45) is 13.0 Å². The van der Waals surface area contributed by atoms with Gasteiger partial charge in [-0.2, -0.15) is 0 Å². The Balaban J connectivity index is 1.65. The van der Waals surface area contributed by atoms with Crippen LogP contribution < -0.4 is 15.4 Å². The summed E-state index contributed by atoms with van der Waals surface area (Å²) in [7, 11) is 3.40. The predicted octanol–water partition coefficient (Wildman–Crippen LogP) is 4.34. The number of aromatic nitrogens is 3. The summed E-state index contributed by atoms with van der Waals surface area (Å²) in [6, 6.07) is 13.5. The van der Waals surface area contributed by atoms with E-state index in [-0.39, 0.29) is 29.5 Å². The third kappa shape index (κ3) is 6.49. The highest BCUT2D eigenvalue weighted by molar-refractivity contribution is 7.99. The van der Waals surface area contributed by atoms with Gasteiger partial charge in [0.05, 0.1) is 18.9 Å². The molecule has 0 spiro atoms. The van der Waals surface area contributed by atoms with Gasteiger partial charge in [-0.25, -0.2) is 0 Å². The lowest BCUT2D eigenvalue weighted by molar-refractivity contribution is -0.113. The summed E-state index contributed by atoms with van der Waals surface area (Å²) in [5, 5.41) is 15.6. The van der Waals surface area contributed by atoms with Crippen LogP contribution >= 0.6 is 23.4 Å². The fourth-order valence-corrected chi connectivity index (χ4v) is 3.92. The molecule has 0 aliphatic rings. The molecule has 0 aliphatic heterocycles. The molecule has 3 rings (SSSR count). The van der Waals surface area contributed by atoms with E-state index in [9.17, 15) is 9.59 Å². The number of rotatable bonds is 9.